The number of aliphatic imine (C=N–C) groups is 1. The van der Waals surface area contributed by atoms with E-state index in [0.717, 1.165) is 0 Å². The van der Waals surface area contributed by atoms with Crippen LogP contribution in [0.5, 0.6) is 0 Å². The summed E-state index contributed by atoms with van der Waals surface area (Å²) in [7, 11) is 0. The number of carbonyl (C=O) groups excluding carboxylic acids is 1. The third-order valence-electron chi connectivity index (χ3n) is 5.41. The molecule has 11 nitrogen and oxygen atoms in total. The molecule has 13 heteroatoms. The third-order valence-corrected chi connectivity index (χ3v) is 6.10. The summed E-state index contributed by atoms with van der Waals surface area (Å²) in [6, 6.07) is 3.31. The number of carbonyl (C=O) groups is 2. The summed E-state index contributed by atoms with van der Waals surface area (Å²) in [5, 5.41) is 16.4. The first-order valence-electron chi connectivity index (χ1n) is 11.0. The van der Waals surface area contributed by atoms with E-state index >= 15 is 0 Å². The lowest BCUT2D eigenvalue weighted by molar-refractivity contribution is -0.139. The lowest BCUT2D eigenvalue weighted by Crippen LogP contribution is -2.43. The number of aromatic nitrogens is 3. The zero-order valence-electron chi connectivity index (χ0n) is 18.9. The van der Waals surface area contributed by atoms with Gasteiger partial charge in [-0.3, -0.25) is 14.7 Å². The van der Waals surface area contributed by atoms with Crippen LogP contribution in [0, 0.1) is 5.82 Å². The molecule has 2 aromatic rings. The van der Waals surface area contributed by atoms with Gasteiger partial charge in [-0.05, 0) is 24.6 Å². The van der Waals surface area contributed by atoms with E-state index in [4.69, 9.17) is 19.6 Å². The molecule has 1 fully saturated rings. The van der Waals surface area contributed by atoms with Crippen LogP contribution in [0.25, 0.3) is 0 Å². The van der Waals surface area contributed by atoms with Crippen LogP contribution in [0.15, 0.2) is 45.3 Å². The largest absolute Gasteiger partial charge is 0.480 e. The van der Waals surface area contributed by atoms with Gasteiger partial charge in [0.1, 0.15) is 24.7 Å². The highest BCUT2D eigenvalue weighted by Crippen LogP contribution is 2.36. The van der Waals surface area contributed by atoms with Gasteiger partial charge in [-0.15, -0.1) is 5.10 Å². The molecule has 1 atom stereocenters. The van der Waals surface area contributed by atoms with Gasteiger partial charge in [0.15, 0.2) is 5.84 Å². The maximum Gasteiger partial charge on any atom is 0.338 e. The number of morpholine rings is 1. The second-order valence-electron chi connectivity index (χ2n) is 7.83. The molecule has 1 saturated heterocycles. The highest BCUT2D eigenvalue weighted by atomic mass is 79.9. The Hall–Kier alpha value is -3.16. The molecule has 3 heterocycles. The number of carboxylic acid groups (broad SMARTS) is 1. The molecule has 0 radical (unpaired) electrons. The predicted octanol–water partition coefficient (Wildman–Crippen LogP) is 1.50. The van der Waals surface area contributed by atoms with E-state index in [0.29, 0.717) is 54.2 Å². The minimum atomic E-state index is -1.06. The van der Waals surface area contributed by atoms with Gasteiger partial charge in [0.2, 0.25) is 5.82 Å². The monoisotopic (exact) mass is 550 g/mol. The fraction of sp³-hybridized carbons (Fsp3) is 0.409. The molecule has 0 aliphatic carbocycles. The second kappa shape index (κ2) is 11.1. The van der Waals surface area contributed by atoms with Gasteiger partial charge in [-0.25, -0.2) is 18.9 Å². The number of hydrogen-bond donors (Lipinski definition) is 2. The SMILES string of the molecule is CCOC(=O)C1=C(CN2CCOCC2)NC(c2ncn(CC(=O)O)n2)=NC1c1ccc(F)cc1Br. The summed E-state index contributed by atoms with van der Waals surface area (Å²) in [4.78, 5) is 35.2. The smallest absolute Gasteiger partial charge is 0.338 e. The van der Waals surface area contributed by atoms with E-state index in [2.05, 4.69) is 36.2 Å². The molecule has 1 aromatic carbocycles. The molecule has 2 N–H and O–H groups in total. The van der Waals surface area contributed by atoms with Gasteiger partial charge >= 0.3 is 11.9 Å². The van der Waals surface area contributed by atoms with Crippen molar-refractivity contribution in [2.45, 2.75) is 19.5 Å². The molecule has 186 valence electrons. The van der Waals surface area contributed by atoms with Gasteiger partial charge in [0.05, 0.1) is 25.4 Å². The van der Waals surface area contributed by atoms with Crippen molar-refractivity contribution >= 4 is 33.7 Å². The number of nitrogens with zero attached hydrogens (tertiary/aromatic N) is 5. The maximum absolute atomic E-state index is 13.9. The number of rotatable bonds is 8. The number of nitrogens with one attached hydrogen (secondary N) is 1. The quantitative estimate of drug-likeness (QED) is 0.469. The number of hydrogen-bond acceptors (Lipinski definition) is 9. The van der Waals surface area contributed by atoms with E-state index in [1.807, 2.05) is 0 Å². The molecule has 35 heavy (non-hydrogen) atoms. The molecule has 0 saturated carbocycles. The van der Waals surface area contributed by atoms with E-state index in [9.17, 15) is 14.0 Å². The van der Waals surface area contributed by atoms with Crippen molar-refractivity contribution in [2.24, 2.45) is 4.99 Å². The Labute approximate surface area is 208 Å². The molecule has 4 rings (SSSR count). The van der Waals surface area contributed by atoms with Crippen molar-refractivity contribution in [1.29, 1.82) is 0 Å². The zero-order valence-corrected chi connectivity index (χ0v) is 20.5. The van der Waals surface area contributed by atoms with Crippen LogP contribution in [-0.4, -0.2) is 82.0 Å². The van der Waals surface area contributed by atoms with Crippen LogP contribution in [-0.2, 0) is 25.6 Å². The Morgan fingerprint density at radius 2 is 2.11 bits per heavy atom. The Bertz CT molecular complexity index is 1180. The molecule has 0 bridgehead atoms. The van der Waals surface area contributed by atoms with Crippen LogP contribution in [0.4, 0.5) is 4.39 Å². The number of esters is 1. The molecule has 2 aliphatic rings. The average molecular weight is 551 g/mol. The van der Waals surface area contributed by atoms with Crippen molar-refractivity contribution in [2.75, 3.05) is 39.5 Å². The van der Waals surface area contributed by atoms with Gasteiger partial charge in [0, 0.05) is 29.8 Å². The molecule has 1 unspecified atom stereocenters. The normalized spacial score (nSPS) is 18.7. The summed E-state index contributed by atoms with van der Waals surface area (Å²) in [5.41, 5.74) is 1.39. The molecular formula is C22H24BrFN6O5. The van der Waals surface area contributed by atoms with Crippen molar-refractivity contribution in [1.82, 2.24) is 25.0 Å². The summed E-state index contributed by atoms with van der Waals surface area (Å²) < 4.78 is 26.3. The number of aliphatic carboxylic acids is 1. The molecule has 1 aromatic heterocycles. The van der Waals surface area contributed by atoms with Crippen LogP contribution in [0.1, 0.15) is 24.4 Å². The summed E-state index contributed by atoms with van der Waals surface area (Å²) in [6.45, 7) is 4.37. The Morgan fingerprint density at radius 3 is 2.80 bits per heavy atom. The lowest BCUT2D eigenvalue weighted by atomic mass is 9.95. The summed E-state index contributed by atoms with van der Waals surface area (Å²) in [6.07, 6.45) is 1.29. The zero-order chi connectivity index (χ0) is 24.9. The first-order valence-corrected chi connectivity index (χ1v) is 11.8. The topological polar surface area (TPSA) is 131 Å². The third kappa shape index (κ3) is 5.92. The number of carboxylic acids is 1. The first kappa shape index (κ1) is 24.9. The summed E-state index contributed by atoms with van der Waals surface area (Å²) in [5.74, 6) is -1.63. The lowest BCUT2D eigenvalue weighted by Gasteiger charge is -2.32. The van der Waals surface area contributed by atoms with E-state index < -0.39 is 23.8 Å². The van der Waals surface area contributed by atoms with Crippen molar-refractivity contribution < 1.29 is 28.6 Å². The Balaban J connectivity index is 1.80. The van der Waals surface area contributed by atoms with Gasteiger partial charge < -0.3 is 19.9 Å². The molecular weight excluding hydrogens is 527 g/mol. The number of benzene rings is 1. The standard InChI is InChI=1S/C22H24BrFN6O5/c1-2-35-22(33)18-16(10-29-5-7-34-8-6-29)26-21(20-25-12-30(28-20)11-17(31)32)27-19(18)14-4-3-13(24)9-15(14)23/h3-4,9,12,19H,2,5-8,10-11H2,1H3,(H,26,27)(H,31,32). The fourth-order valence-electron chi connectivity index (χ4n) is 3.83. The van der Waals surface area contributed by atoms with E-state index in [1.54, 1.807) is 13.0 Å². The van der Waals surface area contributed by atoms with Crippen LogP contribution in [0.3, 0.4) is 0 Å². The van der Waals surface area contributed by atoms with Crippen LogP contribution >= 0.6 is 15.9 Å². The van der Waals surface area contributed by atoms with Gasteiger partial charge in [-0.2, -0.15) is 0 Å². The van der Waals surface area contributed by atoms with Crippen molar-refractivity contribution in [3.05, 3.63) is 57.5 Å². The number of ether oxygens (including phenoxy) is 2. The second-order valence-corrected chi connectivity index (χ2v) is 8.69. The van der Waals surface area contributed by atoms with Crippen molar-refractivity contribution in [3.8, 4) is 0 Å². The van der Waals surface area contributed by atoms with Crippen molar-refractivity contribution in [3.63, 3.8) is 0 Å². The van der Waals surface area contributed by atoms with Crippen LogP contribution < -0.4 is 5.32 Å². The van der Waals surface area contributed by atoms with Crippen LogP contribution in [0.2, 0.25) is 0 Å². The molecule has 2 aliphatic heterocycles. The van der Waals surface area contributed by atoms with Gasteiger partial charge in [0.25, 0.3) is 0 Å². The summed E-state index contributed by atoms with van der Waals surface area (Å²) >= 11 is 3.39. The Morgan fingerprint density at radius 1 is 1.34 bits per heavy atom. The number of halogens is 2. The number of amidine groups is 1. The molecule has 0 amide bonds. The fourth-order valence-corrected chi connectivity index (χ4v) is 4.40. The minimum absolute atomic E-state index is 0.164. The Kier molecular flexibility index (Phi) is 7.88. The van der Waals surface area contributed by atoms with Gasteiger partial charge in [-0.1, -0.05) is 22.0 Å². The first-order chi connectivity index (χ1) is 16.9. The van der Waals surface area contributed by atoms with E-state index in [1.165, 1.54) is 23.1 Å². The minimum Gasteiger partial charge on any atom is -0.480 e. The maximum atomic E-state index is 13.9. The molecule has 0 spiro atoms. The highest BCUT2D eigenvalue weighted by molar-refractivity contribution is 9.10. The average Bonchev–Trinajstić information content (AvgIpc) is 3.27. The highest BCUT2D eigenvalue weighted by Gasteiger charge is 2.35. The predicted molar refractivity (Wildman–Crippen MR) is 125 cm³/mol. The van der Waals surface area contributed by atoms with E-state index in [-0.39, 0.29) is 24.8 Å².